The van der Waals surface area contributed by atoms with E-state index < -0.39 is 0 Å². The molecule has 0 saturated carbocycles. The van der Waals surface area contributed by atoms with Crippen LogP contribution in [0.25, 0.3) is 0 Å². The highest BCUT2D eigenvalue weighted by Crippen LogP contribution is 2.18. The summed E-state index contributed by atoms with van der Waals surface area (Å²) in [7, 11) is 0. The zero-order valence-electron chi connectivity index (χ0n) is 12.2. The van der Waals surface area contributed by atoms with Crippen LogP contribution >= 0.6 is 0 Å². The zero-order chi connectivity index (χ0) is 14.5. The summed E-state index contributed by atoms with van der Waals surface area (Å²) >= 11 is 0. The molecule has 6 nitrogen and oxygen atoms in total. The average molecular weight is 277 g/mol. The molecule has 0 bridgehead atoms. The number of carbonyl (C=O) groups is 1. The van der Waals surface area contributed by atoms with Crippen molar-refractivity contribution in [1.29, 1.82) is 0 Å². The van der Waals surface area contributed by atoms with Gasteiger partial charge in [0.05, 0.1) is 6.54 Å². The van der Waals surface area contributed by atoms with Gasteiger partial charge in [-0.25, -0.2) is 9.97 Å². The SMILES string of the molecule is CCNc1cc(C)nc(CN2CCC(C(N)=O)CC2)n1. The fourth-order valence-electron chi connectivity index (χ4n) is 2.55. The number of likely N-dealkylation sites (tertiary alicyclic amines) is 1. The highest BCUT2D eigenvalue weighted by Gasteiger charge is 2.23. The lowest BCUT2D eigenvalue weighted by atomic mass is 9.96. The van der Waals surface area contributed by atoms with E-state index in [0.29, 0.717) is 0 Å². The molecule has 1 saturated heterocycles. The van der Waals surface area contributed by atoms with E-state index in [1.165, 1.54) is 0 Å². The number of nitrogens with two attached hydrogens (primary N) is 1. The second-order valence-electron chi connectivity index (χ2n) is 5.29. The topological polar surface area (TPSA) is 84.1 Å². The summed E-state index contributed by atoms with van der Waals surface area (Å²) in [6.07, 6.45) is 1.67. The maximum Gasteiger partial charge on any atom is 0.220 e. The van der Waals surface area contributed by atoms with Gasteiger partial charge in [-0.1, -0.05) is 0 Å². The van der Waals surface area contributed by atoms with Crippen molar-refractivity contribution >= 4 is 11.7 Å². The van der Waals surface area contributed by atoms with Crippen molar-refractivity contribution in [3.8, 4) is 0 Å². The third-order valence-corrected chi connectivity index (χ3v) is 3.61. The Bertz CT molecular complexity index is 469. The van der Waals surface area contributed by atoms with Crippen LogP contribution in [0.2, 0.25) is 0 Å². The summed E-state index contributed by atoms with van der Waals surface area (Å²) in [5.74, 6) is 1.56. The second-order valence-corrected chi connectivity index (χ2v) is 5.29. The van der Waals surface area contributed by atoms with Gasteiger partial charge >= 0.3 is 0 Å². The first-order valence-corrected chi connectivity index (χ1v) is 7.18. The first-order valence-electron chi connectivity index (χ1n) is 7.18. The predicted octanol–water partition coefficient (Wildman–Crippen LogP) is 0.914. The van der Waals surface area contributed by atoms with Gasteiger partial charge in [-0.3, -0.25) is 9.69 Å². The fourth-order valence-corrected chi connectivity index (χ4v) is 2.55. The van der Waals surface area contributed by atoms with Gasteiger partial charge in [0.15, 0.2) is 0 Å². The molecule has 1 aliphatic rings. The number of hydrogen-bond acceptors (Lipinski definition) is 5. The molecule has 0 spiro atoms. The number of hydrogen-bond donors (Lipinski definition) is 2. The van der Waals surface area contributed by atoms with Gasteiger partial charge in [-0.05, 0) is 39.8 Å². The highest BCUT2D eigenvalue weighted by atomic mass is 16.1. The number of aryl methyl sites for hydroxylation is 1. The van der Waals surface area contributed by atoms with Crippen LogP contribution < -0.4 is 11.1 Å². The van der Waals surface area contributed by atoms with Crippen molar-refractivity contribution in [2.75, 3.05) is 25.0 Å². The number of aromatic nitrogens is 2. The summed E-state index contributed by atoms with van der Waals surface area (Å²) in [6.45, 7) is 7.35. The standard InChI is InChI=1S/C14H23N5O/c1-3-16-12-8-10(2)17-13(18-12)9-19-6-4-11(5-7-19)14(15)20/h8,11H,3-7,9H2,1-2H3,(H2,15,20)(H,16,17,18). The van der Waals surface area contributed by atoms with Gasteiger partial charge in [0, 0.05) is 24.2 Å². The monoisotopic (exact) mass is 277 g/mol. The molecule has 0 unspecified atom stereocenters. The Morgan fingerprint density at radius 1 is 1.45 bits per heavy atom. The molecular formula is C14H23N5O. The summed E-state index contributed by atoms with van der Waals surface area (Å²) in [5, 5.41) is 3.22. The Kier molecular flexibility index (Phi) is 4.89. The van der Waals surface area contributed by atoms with Crippen molar-refractivity contribution in [2.24, 2.45) is 11.7 Å². The number of anilines is 1. The Balaban J connectivity index is 1.95. The van der Waals surface area contributed by atoms with E-state index in [-0.39, 0.29) is 11.8 Å². The normalized spacial score (nSPS) is 17.1. The molecule has 1 aromatic heterocycles. The maximum atomic E-state index is 11.2. The Labute approximate surface area is 119 Å². The van der Waals surface area contributed by atoms with E-state index in [1.54, 1.807) is 0 Å². The van der Waals surface area contributed by atoms with Crippen molar-refractivity contribution in [3.63, 3.8) is 0 Å². The van der Waals surface area contributed by atoms with Crippen LogP contribution in [0, 0.1) is 12.8 Å². The summed E-state index contributed by atoms with van der Waals surface area (Å²) in [5.41, 5.74) is 6.32. The molecular weight excluding hydrogens is 254 g/mol. The second kappa shape index (κ2) is 6.65. The summed E-state index contributed by atoms with van der Waals surface area (Å²) in [6, 6.07) is 1.95. The molecule has 110 valence electrons. The van der Waals surface area contributed by atoms with Crippen molar-refractivity contribution in [2.45, 2.75) is 33.2 Å². The molecule has 1 amide bonds. The minimum absolute atomic E-state index is 0.0296. The predicted molar refractivity (Wildman–Crippen MR) is 78.1 cm³/mol. The average Bonchev–Trinajstić information content (AvgIpc) is 2.39. The minimum Gasteiger partial charge on any atom is -0.370 e. The van der Waals surface area contributed by atoms with E-state index in [9.17, 15) is 4.79 Å². The van der Waals surface area contributed by atoms with Crippen LogP contribution in [0.5, 0.6) is 0 Å². The van der Waals surface area contributed by atoms with Gasteiger partial charge in [-0.15, -0.1) is 0 Å². The van der Waals surface area contributed by atoms with Crippen LogP contribution in [0.15, 0.2) is 6.07 Å². The molecule has 0 radical (unpaired) electrons. The van der Waals surface area contributed by atoms with E-state index in [0.717, 1.165) is 56.4 Å². The van der Waals surface area contributed by atoms with Gasteiger partial charge in [0.1, 0.15) is 11.6 Å². The lowest BCUT2D eigenvalue weighted by Gasteiger charge is -2.29. The molecule has 0 aromatic carbocycles. The molecule has 0 atom stereocenters. The largest absolute Gasteiger partial charge is 0.370 e. The lowest BCUT2D eigenvalue weighted by molar-refractivity contribution is -0.123. The first-order chi connectivity index (χ1) is 9.58. The molecule has 1 aromatic rings. The number of nitrogens with zero attached hydrogens (tertiary/aromatic N) is 3. The molecule has 1 fully saturated rings. The van der Waals surface area contributed by atoms with Crippen LogP contribution in [0.3, 0.4) is 0 Å². The van der Waals surface area contributed by atoms with Crippen LogP contribution in [-0.2, 0) is 11.3 Å². The number of rotatable bonds is 5. The lowest BCUT2D eigenvalue weighted by Crippen LogP contribution is -2.38. The number of carbonyl (C=O) groups excluding carboxylic acids is 1. The van der Waals surface area contributed by atoms with Gasteiger partial charge in [-0.2, -0.15) is 0 Å². The number of amides is 1. The maximum absolute atomic E-state index is 11.2. The van der Waals surface area contributed by atoms with E-state index in [4.69, 9.17) is 5.73 Å². The molecule has 1 aliphatic heterocycles. The van der Waals surface area contributed by atoms with Crippen LogP contribution in [0.1, 0.15) is 31.3 Å². The fraction of sp³-hybridized carbons (Fsp3) is 0.643. The third-order valence-electron chi connectivity index (χ3n) is 3.61. The van der Waals surface area contributed by atoms with E-state index in [1.807, 2.05) is 19.9 Å². The summed E-state index contributed by atoms with van der Waals surface area (Å²) < 4.78 is 0. The third kappa shape index (κ3) is 3.90. The van der Waals surface area contributed by atoms with Gasteiger partial charge in [0.2, 0.25) is 5.91 Å². The highest BCUT2D eigenvalue weighted by molar-refractivity contribution is 5.76. The van der Waals surface area contributed by atoms with Crippen molar-refractivity contribution in [3.05, 3.63) is 17.6 Å². The quantitative estimate of drug-likeness (QED) is 0.836. The van der Waals surface area contributed by atoms with Crippen molar-refractivity contribution < 1.29 is 4.79 Å². The number of primary amides is 1. The number of nitrogens with one attached hydrogen (secondary N) is 1. The zero-order valence-corrected chi connectivity index (χ0v) is 12.2. The molecule has 0 aliphatic carbocycles. The first kappa shape index (κ1) is 14.7. The molecule has 3 N–H and O–H groups in total. The Morgan fingerprint density at radius 3 is 2.75 bits per heavy atom. The molecule has 2 rings (SSSR count). The van der Waals surface area contributed by atoms with Gasteiger partial charge in [0.25, 0.3) is 0 Å². The smallest absolute Gasteiger partial charge is 0.220 e. The van der Waals surface area contributed by atoms with Crippen LogP contribution in [0.4, 0.5) is 5.82 Å². The molecule has 2 heterocycles. The summed E-state index contributed by atoms with van der Waals surface area (Å²) in [4.78, 5) is 22.4. The van der Waals surface area contributed by atoms with Gasteiger partial charge < -0.3 is 11.1 Å². The van der Waals surface area contributed by atoms with Crippen molar-refractivity contribution in [1.82, 2.24) is 14.9 Å². The van der Waals surface area contributed by atoms with E-state index >= 15 is 0 Å². The van der Waals surface area contributed by atoms with E-state index in [2.05, 4.69) is 20.2 Å². The number of piperidine rings is 1. The minimum atomic E-state index is -0.175. The molecule has 6 heteroatoms. The Morgan fingerprint density at radius 2 is 2.15 bits per heavy atom. The Hall–Kier alpha value is -1.69. The molecule has 20 heavy (non-hydrogen) atoms. The van der Waals surface area contributed by atoms with Crippen LogP contribution in [-0.4, -0.2) is 40.4 Å².